The molecule has 1 aromatic rings. The third kappa shape index (κ3) is 7.94. The van der Waals surface area contributed by atoms with Gasteiger partial charge in [0.25, 0.3) is 0 Å². The largest absolute Gasteiger partial charge is 0.490 e. The van der Waals surface area contributed by atoms with Gasteiger partial charge in [-0.25, -0.2) is 4.79 Å². The average Bonchev–Trinajstić information content (AvgIpc) is 2.85. The Hall–Kier alpha value is -2.64. The van der Waals surface area contributed by atoms with E-state index in [1.54, 1.807) is 0 Å². The standard InChI is InChI=1S/C20H32N4O4/c1-5-21-18(22-10-6-11-23-19(25)28-20(2,3)4)24-15-8-9-16-17(14-15)27-13-7-12-26-16/h8-9,14H,5-7,10-13H2,1-4H3,(H,23,25)(H2,21,22,24). The maximum atomic E-state index is 11.6. The lowest BCUT2D eigenvalue weighted by molar-refractivity contribution is 0.0527. The first-order valence-corrected chi connectivity index (χ1v) is 9.79. The number of guanidine groups is 1. The summed E-state index contributed by atoms with van der Waals surface area (Å²) in [5.41, 5.74) is 0.378. The minimum absolute atomic E-state index is 0.409. The summed E-state index contributed by atoms with van der Waals surface area (Å²) in [6, 6.07) is 5.75. The summed E-state index contributed by atoms with van der Waals surface area (Å²) in [6.45, 7) is 10.6. The maximum Gasteiger partial charge on any atom is 0.407 e. The Morgan fingerprint density at radius 1 is 1.18 bits per heavy atom. The molecule has 1 aliphatic rings. The van der Waals surface area contributed by atoms with Gasteiger partial charge in [0.05, 0.1) is 13.2 Å². The van der Waals surface area contributed by atoms with Crippen LogP contribution >= 0.6 is 0 Å². The molecule has 1 aliphatic heterocycles. The van der Waals surface area contributed by atoms with Gasteiger partial charge in [-0.15, -0.1) is 0 Å². The SMILES string of the molecule is CCNC(=NCCCNC(=O)OC(C)(C)C)Nc1ccc2c(c1)OCCCO2. The number of hydrogen-bond donors (Lipinski definition) is 3. The molecule has 8 heteroatoms. The highest BCUT2D eigenvalue weighted by atomic mass is 16.6. The average molecular weight is 393 g/mol. The van der Waals surface area contributed by atoms with E-state index in [1.807, 2.05) is 45.9 Å². The van der Waals surface area contributed by atoms with Crippen LogP contribution in [0.25, 0.3) is 0 Å². The highest BCUT2D eigenvalue weighted by Crippen LogP contribution is 2.32. The van der Waals surface area contributed by atoms with Crippen LogP contribution in [-0.4, -0.2) is 50.5 Å². The van der Waals surface area contributed by atoms with Crippen molar-refractivity contribution >= 4 is 17.7 Å². The molecule has 3 N–H and O–H groups in total. The minimum atomic E-state index is -0.493. The van der Waals surface area contributed by atoms with E-state index >= 15 is 0 Å². The molecule has 1 heterocycles. The molecule has 0 aromatic heterocycles. The molecule has 0 fully saturated rings. The zero-order chi connectivity index (χ0) is 20.4. The topological polar surface area (TPSA) is 93.2 Å². The van der Waals surface area contributed by atoms with Crippen LogP contribution in [0.15, 0.2) is 23.2 Å². The highest BCUT2D eigenvalue weighted by molar-refractivity contribution is 5.93. The number of aliphatic imine (C=N–C) groups is 1. The fourth-order valence-electron chi connectivity index (χ4n) is 2.46. The maximum absolute atomic E-state index is 11.6. The van der Waals surface area contributed by atoms with Gasteiger partial charge in [0.2, 0.25) is 0 Å². The predicted molar refractivity (Wildman–Crippen MR) is 111 cm³/mol. The Kier molecular flexibility index (Phi) is 8.22. The smallest absolute Gasteiger partial charge is 0.407 e. The van der Waals surface area contributed by atoms with Gasteiger partial charge in [0.15, 0.2) is 17.5 Å². The molecular weight excluding hydrogens is 360 g/mol. The second-order valence-electron chi connectivity index (χ2n) is 7.38. The molecule has 0 radical (unpaired) electrons. The summed E-state index contributed by atoms with van der Waals surface area (Å²) in [5, 5.41) is 9.21. The lowest BCUT2D eigenvalue weighted by Crippen LogP contribution is -2.33. The van der Waals surface area contributed by atoms with Crippen molar-refractivity contribution in [2.24, 2.45) is 4.99 Å². The first-order chi connectivity index (χ1) is 13.4. The predicted octanol–water partition coefficient (Wildman–Crippen LogP) is 3.14. The van der Waals surface area contributed by atoms with Gasteiger partial charge in [-0.1, -0.05) is 0 Å². The van der Waals surface area contributed by atoms with Crippen molar-refractivity contribution in [2.45, 2.75) is 46.1 Å². The molecule has 8 nitrogen and oxygen atoms in total. The van der Waals surface area contributed by atoms with Gasteiger partial charge >= 0.3 is 6.09 Å². The van der Waals surface area contributed by atoms with Crippen molar-refractivity contribution in [3.63, 3.8) is 0 Å². The van der Waals surface area contributed by atoms with E-state index in [-0.39, 0.29) is 0 Å². The summed E-state index contributed by atoms with van der Waals surface area (Å²) < 4.78 is 16.6. The van der Waals surface area contributed by atoms with Crippen LogP contribution in [0.2, 0.25) is 0 Å². The van der Waals surface area contributed by atoms with Gasteiger partial charge in [-0.3, -0.25) is 4.99 Å². The molecular formula is C20H32N4O4. The number of anilines is 1. The summed E-state index contributed by atoms with van der Waals surface area (Å²) in [6.07, 6.45) is 1.17. The summed E-state index contributed by atoms with van der Waals surface area (Å²) in [4.78, 5) is 16.2. The van der Waals surface area contributed by atoms with Crippen molar-refractivity contribution in [2.75, 3.05) is 38.2 Å². The summed E-state index contributed by atoms with van der Waals surface area (Å²) in [5.74, 6) is 2.17. The Morgan fingerprint density at radius 3 is 2.64 bits per heavy atom. The number of nitrogens with one attached hydrogen (secondary N) is 3. The van der Waals surface area contributed by atoms with Gasteiger partial charge in [-0.05, 0) is 46.2 Å². The van der Waals surface area contributed by atoms with Gasteiger partial charge in [0, 0.05) is 37.8 Å². The first kappa shape index (κ1) is 21.7. The number of alkyl carbamates (subject to hydrolysis) is 1. The number of rotatable bonds is 6. The Balaban J connectivity index is 1.83. The highest BCUT2D eigenvalue weighted by Gasteiger charge is 2.15. The number of amides is 1. The molecule has 0 bridgehead atoms. The number of benzene rings is 1. The van der Waals surface area contributed by atoms with Crippen molar-refractivity contribution in [3.8, 4) is 11.5 Å². The monoisotopic (exact) mass is 392 g/mol. The second-order valence-corrected chi connectivity index (χ2v) is 7.38. The fraction of sp³-hybridized carbons (Fsp3) is 0.600. The molecule has 0 atom stereocenters. The Morgan fingerprint density at radius 2 is 1.93 bits per heavy atom. The van der Waals surface area contributed by atoms with Crippen molar-refractivity contribution in [1.29, 1.82) is 0 Å². The zero-order valence-electron chi connectivity index (χ0n) is 17.3. The van der Waals surface area contributed by atoms with Crippen LogP contribution in [-0.2, 0) is 4.74 Å². The molecule has 0 spiro atoms. The number of carbonyl (C=O) groups is 1. The Labute approximate surface area is 167 Å². The molecule has 0 aliphatic carbocycles. The number of ether oxygens (including phenoxy) is 3. The fourth-order valence-corrected chi connectivity index (χ4v) is 2.46. The van der Waals surface area contributed by atoms with E-state index < -0.39 is 11.7 Å². The lowest BCUT2D eigenvalue weighted by Gasteiger charge is -2.19. The van der Waals surface area contributed by atoms with Crippen LogP contribution in [0.4, 0.5) is 10.5 Å². The Bertz CT molecular complexity index is 671. The van der Waals surface area contributed by atoms with Crippen molar-refractivity contribution < 1.29 is 19.0 Å². The van der Waals surface area contributed by atoms with E-state index in [0.717, 1.165) is 30.2 Å². The van der Waals surface area contributed by atoms with E-state index in [2.05, 4.69) is 20.9 Å². The van der Waals surface area contributed by atoms with Crippen LogP contribution in [0.1, 0.15) is 40.5 Å². The van der Waals surface area contributed by atoms with Gasteiger partial charge < -0.3 is 30.2 Å². The summed E-state index contributed by atoms with van der Waals surface area (Å²) in [7, 11) is 0. The van der Waals surface area contributed by atoms with E-state index in [0.29, 0.717) is 38.7 Å². The first-order valence-electron chi connectivity index (χ1n) is 9.79. The van der Waals surface area contributed by atoms with E-state index in [1.165, 1.54) is 0 Å². The number of hydrogen-bond acceptors (Lipinski definition) is 5. The quantitative estimate of drug-likeness (QED) is 0.391. The number of nitrogens with zero attached hydrogens (tertiary/aromatic N) is 1. The molecule has 1 aromatic carbocycles. The normalized spacial score (nSPS) is 14.1. The van der Waals surface area contributed by atoms with E-state index in [9.17, 15) is 4.79 Å². The van der Waals surface area contributed by atoms with Crippen LogP contribution in [0, 0.1) is 0 Å². The summed E-state index contributed by atoms with van der Waals surface area (Å²) >= 11 is 0. The van der Waals surface area contributed by atoms with Crippen LogP contribution < -0.4 is 25.4 Å². The van der Waals surface area contributed by atoms with E-state index in [4.69, 9.17) is 14.2 Å². The number of fused-ring (bicyclic) bond motifs is 1. The molecule has 0 saturated heterocycles. The van der Waals surface area contributed by atoms with Crippen LogP contribution in [0.3, 0.4) is 0 Å². The zero-order valence-corrected chi connectivity index (χ0v) is 17.3. The van der Waals surface area contributed by atoms with Crippen molar-refractivity contribution in [1.82, 2.24) is 10.6 Å². The second kappa shape index (κ2) is 10.6. The molecule has 0 saturated carbocycles. The van der Waals surface area contributed by atoms with Gasteiger partial charge in [-0.2, -0.15) is 0 Å². The number of carbonyl (C=O) groups excluding carboxylic acids is 1. The van der Waals surface area contributed by atoms with Crippen molar-refractivity contribution in [3.05, 3.63) is 18.2 Å². The van der Waals surface area contributed by atoms with Crippen LogP contribution in [0.5, 0.6) is 11.5 Å². The molecule has 2 rings (SSSR count). The lowest BCUT2D eigenvalue weighted by atomic mass is 10.2. The molecule has 156 valence electrons. The molecule has 1 amide bonds. The minimum Gasteiger partial charge on any atom is -0.490 e. The van der Waals surface area contributed by atoms with Gasteiger partial charge in [0.1, 0.15) is 5.60 Å². The molecule has 28 heavy (non-hydrogen) atoms. The third-order valence-electron chi connectivity index (χ3n) is 3.63. The molecule has 0 unspecified atom stereocenters. The third-order valence-corrected chi connectivity index (χ3v) is 3.63.